The molecule has 1 heterocycles. The molecule has 0 bridgehead atoms. The van der Waals surface area contributed by atoms with Crippen LogP contribution in [0, 0.1) is 13.8 Å². The van der Waals surface area contributed by atoms with Gasteiger partial charge in [-0.05, 0) is 49.7 Å². The van der Waals surface area contributed by atoms with Crippen molar-refractivity contribution in [2.75, 3.05) is 6.26 Å². The number of benzene rings is 2. The van der Waals surface area contributed by atoms with E-state index in [1.54, 1.807) is 24.3 Å². The van der Waals surface area contributed by atoms with E-state index in [4.69, 9.17) is 0 Å². The second-order valence-corrected chi connectivity index (χ2v) is 8.43. The molecule has 0 saturated heterocycles. The van der Waals surface area contributed by atoms with Crippen molar-refractivity contribution in [2.45, 2.75) is 25.3 Å². The minimum absolute atomic E-state index is 0.203. The molecule has 0 unspecified atom stereocenters. The highest BCUT2D eigenvalue weighted by Crippen LogP contribution is 2.18. The van der Waals surface area contributed by atoms with Crippen LogP contribution in [0.1, 0.15) is 27.2 Å². The maximum absolute atomic E-state index is 12.5. The zero-order chi connectivity index (χ0) is 18.9. The zero-order valence-electron chi connectivity index (χ0n) is 14.9. The van der Waals surface area contributed by atoms with Crippen molar-refractivity contribution < 1.29 is 13.2 Å². The summed E-state index contributed by atoms with van der Waals surface area (Å²) >= 11 is 0. The van der Waals surface area contributed by atoms with Gasteiger partial charge in [-0.3, -0.25) is 9.78 Å². The first kappa shape index (κ1) is 18.1. The number of aromatic nitrogens is 1. The molecule has 0 aliphatic heterocycles. The average Bonchev–Trinajstić information content (AvgIpc) is 2.59. The van der Waals surface area contributed by atoms with E-state index in [0.717, 1.165) is 22.0 Å². The smallest absolute Gasteiger partial charge is 0.253 e. The Bertz CT molecular complexity index is 1090. The van der Waals surface area contributed by atoms with Crippen molar-refractivity contribution in [2.24, 2.45) is 0 Å². The summed E-state index contributed by atoms with van der Waals surface area (Å²) in [5, 5.41) is 3.79. The molecule has 0 aliphatic rings. The van der Waals surface area contributed by atoms with E-state index in [1.807, 2.05) is 38.1 Å². The van der Waals surface area contributed by atoms with Crippen LogP contribution in [0.2, 0.25) is 0 Å². The number of amides is 1. The average molecular weight is 368 g/mol. The maximum Gasteiger partial charge on any atom is 0.253 e. The number of rotatable bonds is 4. The van der Waals surface area contributed by atoms with Gasteiger partial charge in [-0.25, -0.2) is 8.42 Å². The van der Waals surface area contributed by atoms with E-state index in [9.17, 15) is 13.2 Å². The van der Waals surface area contributed by atoms with Gasteiger partial charge >= 0.3 is 0 Å². The Balaban J connectivity index is 1.78. The third-order valence-corrected chi connectivity index (χ3v) is 5.34. The quantitative estimate of drug-likeness (QED) is 0.767. The number of carbonyl (C=O) groups excluding carboxylic acids is 1. The van der Waals surface area contributed by atoms with Gasteiger partial charge in [0.2, 0.25) is 0 Å². The summed E-state index contributed by atoms with van der Waals surface area (Å²) in [7, 11) is -3.22. The molecule has 3 aromatic rings. The van der Waals surface area contributed by atoms with Crippen molar-refractivity contribution in [1.82, 2.24) is 10.3 Å². The minimum Gasteiger partial charge on any atom is -0.348 e. The van der Waals surface area contributed by atoms with Gasteiger partial charge in [0.05, 0.1) is 21.7 Å². The van der Waals surface area contributed by atoms with Crippen LogP contribution in [0.3, 0.4) is 0 Å². The van der Waals surface area contributed by atoms with Gasteiger partial charge in [-0.1, -0.05) is 23.8 Å². The highest BCUT2D eigenvalue weighted by Gasteiger charge is 2.12. The number of carbonyl (C=O) groups is 1. The summed E-state index contributed by atoms with van der Waals surface area (Å²) in [4.78, 5) is 17.3. The van der Waals surface area contributed by atoms with E-state index >= 15 is 0 Å². The molecular formula is C20H20N2O3S. The topological polar surface area (TPSA) is 76.1 Å². The summed E-state index contributed by atoms with van der Waals surface area (Å²) < 4.78 is 23.0. The molecule has 6 heteroatoms. The normalized spacial score (nSPS) is 11.5. The van der Waals surface area contributed by atoms with E-state index in [2.05, 4.69) is 10.3 Å². The van der Waals surface area contributed by atoms with Crippen molar-refractivity contribution in [3.8, 4) is 0 Å². The molecule has 0 spiro atoms. The number of fused-ring (bicyclic) bond motifs is 1. The Morgan fingerprint density at radius 3 is 2.38 bits per heavy atom. The second-order valence-electron chi connectivity index (χ2n) is 6.42. The van der Waals surface area contributed by atoms with Gasteiger partial charge in [0.1, 0.15) is 0 Å². The molecule has 26 heavy (non-hydrogen) atoms. The van der Waals surface area contributed by atoms with Crippen LogP contribution in [0.25, 0.3) is 10.9 Å². The van der Waals surface area contributed by atoms with Crippen molar-refractivity contribution in [1.29, 1.82) is 0 Å². The molecule has 1 amide bonds. The molecule has 0 saturated carbocycles. The van der Waals surface area contributed by atoms with Gasteiger partial charge < -0.3 is 5.32 Å². The van der Waals surface area contributed by atoms with Crippen LogP contribution in [-0.4, -0.2) is 25.6 Å². The standard InChI is InChI=1S/C20H20N2O3S/c1-13-4-9-19-16(10-13)11-18(14(2)22-19)20(23)21-12-15-5-7-17(8-6-15)26(3,24)25/h4-11H,12H2,1-3H3,(H,21,23). The summed E-state index contributed by atoms with van der Waals surface area (Å²) in [6.07, 6.45) is 1.17. The summed E-state index contributed by atoms with van der Waals surface area (Å²) in [6.45, 7) is 4.13. The fourth-order valence-electron chi connectivity index (χ4n) is 2.75. The number of hydrogen-bond donors (Lipinski definition) is 1. The van der Waals surface area contributed by atoms with Crippen LogP contribution in [0.5, 0.6) is 0 Å². The lowest BCUT2D eigenvalue weighted by molar-refractivity contribution is 0.0950. The van der Waals surface area contributed by atoms with Gasteiger partial charge in [0.15, 0.2) is 9.84 Å². The number of nitrogens with one attached hydrogen (secondary N) is 1. The van der Waals surface area contributed by atoms with Crippen LogP contribution >= 0.6 is 0 Å². The molecule has 1 N–H and O–H groups in total. The fourth-order valence-corrected chi connectivity index (χ4v) is 3.38. The van der Waals surface area contributed by atoms with E-state index < -0.39 is 9.84 Å². The number of aryl methyl sites for hydroxylation is 2. The first-order valence-electron chi connectivity index (χ1n) is 8.19. The Hall–Kier alpha value is -2.73. The Labute approximate surface area is 153 Å². The number of nitrogens with zero attached hydrogens (tertiary/aromatic N) is 1. The Morgan fingerprint density at radius 2 is 1.73 bits per heavy atom. The van der Waals surface area contributed by atoms with Crippen LogP contribution in [0.15, 0.2) is 53.4 Å². The van der Waals surface area contributed by atoms with Crippen LogP contribution < -0.4 is 5.32 Å². The first-order chi connectivity index (χ1) is 12.2. The van der Waals surface area contributed by atoms with Gasteiger partial charge in [0.25, 0.3) is 5.91 Å². The van der Waals surface area contributed by atoms with Gasteiger partial charge in [-0.15, -0.1) is 0 Å². The van der Waals surface area contributed by atoms with Crippen molar-refractivity contribution >= 4 is 26.6 Å². The summed E-state index contributed by atoms with van der Waals surface area (Å²) in [6, 6.07) is 14.3. The molecular weight excluding hydrogens is 348 g/mol. The lowest BCUT2D eigenvalue weighted by Gasteiger charge is -2.10. The maximum atomic E-state index is 12.5. The number of sulfone groups is 1. The highest BCUT2D eigenvalue weighted by molar-refractivity contribution is 7.90. The minimum atomic E-state index is -3.22. The third kappa shape index (κ3) is 3.91. The molecule has 3 rings (SSSR count). The molecule has 0 radical (unpaired) electrons. The molecule has 5 nitrogen and oxygen atoms in total. The molecule has 0 atom stereocenters. The van der Waals surface area contributed by atoms with E-state index in [-0.39, 0.29) is 10.8 Å². The zero-order valence-corrected chi connectivity index (χ0v) is 15.7. The molecule has 134 valence electrons. The van der Waals surface area contributed by atoms with Gasteiger partial charge in [-0.2, -0.15) is 0 Å². The Kier molecular flexibility index (Phi) is 4.78. The number of pyridine rings is 1. The predicted molar refractivity (Wildman–Crippen MR) is 102 cm³/mol. The number of hydrogen-bond acceptors (Lipinski definition) is 4. The molecule has 2 aromatic carbocycles. The van der Waals surface area contributed by atoms with Crippen LogP contribution in [-0.2, 0) is 16.4 Å². The highest BCUT2D eigenvalue weighted by atomic mass is 32.2. The SMILES string of the molecule is Cc1ccc2nc(C)c(C(=O)NCc3ccc(S(C)(=O)=O)cc3)cc2c1. The monoisotopic (exact) mass is 368 g/mol. The van der Waals surface area contributed by atoms with Crippen molar-refractivity contribution in [3.63, 3.8) is 0 Å². The second kappa shape index (κ2) is 6.88. The predicted octanol–water partition coefficient (Wildman–Crippen LogP) is 3.19. The largest absolute Gasteiger partial charge is 0.348 e. The molecule has 1 aromatic heterocycles. The molecule has 0 aliphatic carbocycles. The Morgan fingerprint density at radius 1 is 1.04 bits per heavy atom. The van der Waals surface area contributed by atoms with Gasteiger partial charge in [0, 0.05) is 18.2 Å². The lowest BCUT2D eigenvalue weighted by atomic mass is 10.1. The van der Waals surface area contributed by atoms with Crippen LogP contribution in [0.4, 0.5) is 0 Å². The lowest BCUT2D eigenvalue weighted by Crippen LogP contribution is -2.24. The fraction of sp³-hybridized carbons (Fsp3) is 0.200. The summed E-state index contributed by atoms with van der Waals surface area (Å²) in [5.41, 5.74) is 4.01. The third-order valence-electron chi connectivity index (χ3n) is 4.21. The van der Waals surface area contributed by atoms with E-state index in [0.29, 0.717) is 17.8 Å². The molecule has 0 fully saturated rings. The summed E-state index contributed by atoms with van der Waals surface area (Å²) in [5.74, 6) is -0.203. The van der Waals surface area contributed by atoms with Crippen molar-refractivity contribution in [3.05, 3.63) is 70.9 Å². The van der Waals surface area contributed by atoms with E-state index in [1.165, 1.54) is 6.26 Å². The first-order valence-corrected chi connectivity index (χ1v) is 10.1.